The van der Waals surface area contributed by atoms with E-state index in [9.17, 15) is 9.59 Å². The monoisotopic (exact) mass is 325 g/mol. The second-order valence-corrected chi connectivity index (χ2v) is 7.48. The normalized spacial score (nSPS) is 13.3. The van der Waals surface area contributed by atoms with Gasteiger partial charge in [-0.1, -0.05) is 0 Å². The fourth-order valence-electron chi connectivity index (χ4n) is 1.84. The summed E-state index contributed by atoms with van der Waals surface area (Å²) >= 11 is 0. The van der Waals surface area contributed by atoms with E-state index in [1.54, 1.807) is 53.9 Å². The highest BCUT2D eigenvalue weighted by Crippen LogP contribution is 2.17. The standard InChI is InChI=1S/C17H27NO5/c1-16(2,3)22-14(19)13(10-12-8-9-21-11-12)18(7)15(20)23-17(4,5)6/h8-9,11,13H,10H2,1-7H3/t13-/m0/s1. The SMILES string of the molecule is CN(C(=O)OC(C)(C)C)[C@@H](Cc1ccoc1)C(=O)OC(C)(C)C. The fourth-order valence-corrected chi connectivity index (χ4v) is 1.84. The molecular weight excluding hydrogens is 298 g/mol. The lowest BCUT2D eigenvalue weighted by atomic mass is 10.1. The summed E-state index contributed by atoms with van der Waals surface area (Å²) in [5.74, 6) is -0.480. The molecule has 1 aromatic heterocycles. The van der Waals surface area contributed by atoms with Gasteiger partial charge in [-0.05, 0) is 53.2 Å². The van der Waals surface area contributed by atoms with Gasteiger partial charge in [0.05, 0.1) is 12.5 Å². The zero-order chi connectivity index (χ0) is 17.8. The summed E-state index contributed by atoms with van der Waals surface area (Å²) in [6.07, 6.45) is 2.79. The van der Waals surface area contributed by atoms with E-state index in [0.717, 1.165) is 5.56 Å². The topological polar surface area (TPSA) is 69.0 Å². The van der Waals surface area contributed by atoms with Crippen molar-refractivity contribution < 1.29 is 23.5 Å². The number of rotatable bonds is 4. The van der Waals surface area contributed by atoms with Crippen LogP contribution in [0.25, 0.3) is 0 Å². The average molecular weight is 325 g/mol. The Bertz CT molecular complexity index is 522. The van der Waals surface area contributed by atoms with Crippen LogP contribution in [0.5, 0.6) is 0 Å². The molecule has 6 nitrogen and oxygen atoms in total. The second kappa shape index (κ2) is 7.06. The summed E-state index contributed by atoms with van der Waals surface area (Å²) in [6, 6.07) is 0.960. The van der Waals surface area contributed by atoms with Gasteiger partial charge in [0, 0.05) is 13.5 Å². The minimum atomic E-state index is -0.790. The molecule has 0 bridgehead atoms. The molecule has 0 N–H and O–H groups in total. The Morgan fingerprint density at radius 2 is 1.70 bits per heavy atom. The Balaban J connectivity index is 2.93. The van der Waals surface area contributed by atoms with Gasteiger partial charge in [0.25, 0.3) is 0 Å². The van der Waals surface area contributed by atoms with Gasteiger partial charge >= 0.3 is 12.1 Å². The summed E-state index contributed by atoms with van der Waals surface area (Å²) < 4.78 is 15.8. The first-order chi connectivity index (χ1) is 10.4. The maximum Gasteiger partial charge on any atom is 0.410 e. The molecule has 0 unspecified atom stereocenters. The number of carbonyl (C=O) groups is 2. The van der Waals surface area contributed by atoms with Crippen molar-refractivity contribution in [2.24, 2.45) is 0 Å². The van der Waals surface area contributed by atoms with E-state index >= 15 is 0 Å². The van der Waals surface area contributed by atoms with Crippen molar-refractivity contribution in [2.45, 2.75) is 65.2 Å². The Hall–Kier alpha value is -1.98. The van der Waals surface area contributed by atoms with Gasteiger partial charge in [0.15, 0.2) is 0 Å². The first kappa shape index (κ1) is 19.1. The number of ether oxygens (including phenoxy) is 2. The molecule has 1 rings (SSSR count). The van der Waals surface area contributed by atoms with Crippen LogP contribution < -0.4 is 0 Å². The molecule has 0 saturated heterocycles. The predicted molar refractivity (Wildman–Crippen MR) is 86.0 cm³/mol. The summed E-state index contributed by atoms with van der Waals surface area (Å²) in [6.45, 7) is 10.7. The van der Waals surface area contributed by atoms with E-state index in [1.165, 1.54) is 18.2 Å². The molecule has 1 aromatic rings. The number of carbonyl (C=O) groups excluding carboxylic acids is 2. The number of likely N-dealkylation sites (N-methyl/N-ethyl adjacent to an activating group) is 1. The largest absolute Gasteiger partial charge is 0.472 e. The van der Waals surface area contributed by atoms with Crippen LogP contribution in [0, 0.1) is 0 Å². The van der Waals surface area contributed by atoms with Gasteiger partial charge in [-0.15, -0.1) is 0 Å². The number of hydrogen-bond acceptors (Lipinski definition) is 5. The zero-order valence-corrected chi connectivity index (χ0v) is 15.0. The third kappa shape index (κ3) is 6.76. The average Bonchev–Trinajstić information content (AvgIpc) is 2.83. The van der Waals surface area contributed by atoms with Crippen LogP contribution in [0.15, 0.2) is 23.0 Å². The summed E-state index contributed by atoms with van der Waals surface area (Å²) in [5.41, 5.74) is -0.476. The molecule has 0 saturated carbocycles. The van der Waals surface area contributed by atoms with Crippen molar-refractivity contribution in [1.29, 1.82) is 0 Å². The van der Waals surface area contributed by atoms with E-state index in [4.69, 9.17) is 13.9 Å². The predicted octanol–water partition coefficient (Wildman–Crippen LogP) is 3.40. The number of amides is 1. The smallest absolute Gasteiger partial charge is 0.410 e. The quantitative estimate of drug-likeness (QED) is 0.794. The highest BCUT2D eigenvalue weighted by atomic mass is 16.6. The molecule has 6 heteroatoms. The van der Waals surface area contributed by atoms with E-state index < -0.39 is 29.3 Å². The van der Waals surface area contributed by atoms with Gasteiger partial charge < -0.3 is 13.9 Å². The van der Waals surface area contributed by atoms with Crippen molar-refractivity contribution in [3.8, 4) is 0 Å². The first-order valence-corrected chi connectivity index (χ1v) is 7.59. The Kier molecular flexibility index (Phi) is 5.86. The molecule has 0 aliphatic rings. The highest BCUT2D eigenvalue weighted by Gasteiger charge is 2.33. The summed E-state index contributed by atoms with van der Waals surface area (Å²) in [7, 11) is 1.53. The van der Waals surface area contributed by atoms with Gasteiger partial charge in [-0.3, -0.25) is 4.90 Å². The van der Waals surface area contributed by atoms with Gasteiger partial charge in [0.2, 0.25) is 0 Å². The van der Waals surface area contributed by atoms with Crippen molar-refractivity contribution in [3.63, 3.8) is 0 Å². The van der Waals surface area contributed by atoms with E-state index in [-0.39, 0.29) is 0 Å². The molecule has 0 aromatic carbocycles. The number of hydrogen-bond donors (Lipinski definition) is 0. The van der Waals surface area contributed by atoms with Crippen LogP contribution in [0.3, 0.4) is 0 Å². The third-order valence-electron chi connectivity index (χ3n) is 2.84. The van der Waals surface area contributed by atoms with Crippen LogP contribution >= 0.6 is 0 Å². The van der Waals surface area contributed by atoms with Crippen molar-refractivity contribution >= 4 is 12.1 Å². The fraction of sp³-hybridized carbons (Fsp3) is 0.647. The van der Waals surface area contributed by atoms with Crippen molar-refractivity contribution in [1.82, 2.24) is 4.90 Å². The van der Waals surface area contributed by atoms with Crippen LogP contribution in [0.1, 0.15) is 47.1 Å². The van der Waals surface area contributed by atoms with E-state index in [1.807, 2.05) is 0 Å². The molecule has 0 aliphatic carbocycles. The molecule has 0 spiro atoms. The van der Waals surface area contributed by atoms with Gasteiger partial charge in [-0.2, -0.15) is 0 Å². The minimum absolute atomic E-state index is 0.293. The second-order valence-electron chi connectivity index (χ2n) is 7.48. The molecule has 1 amide bonds. The highest BCUT2D eigenvalue weighted by molar-refractivity contribution is 5.82. The molecule has 130 valence electrons. The maximum absolute atomic E-state index is 12.5. The van der Waals surface area contributed by atoms with E-state index in [0.29, 0.717) is 6.42 Å². The Labute approximate surface area is 137 Å². The Morgan fingerprint density at radius 1 is 1.13 bits per heavy atom. The number of esters is 1. The Morgan fingerprint density at radius 3 is 2.13 bits per heavy atom. The molecule has 0 radical (unpaired) electrons. The molecule has 23 heavy (non-hydrogen) atoms. The molecule has 0 aliphatic heterocycles. The number of furan rings is 1. The molecule has 1 heterocycles. The lowest BCUT2D eigenvalue weighted by Crippen LogP contribution is -2.48. The molecular formula is C17H27NO5. The van der Waals surface area contributed by atoms with Gasteiger partial charge in [-0.25, -0.2) is 9.59 Å². The minimum Gasteiger partial charge on any atom is -0.472 e. The van der Waals surface area contributed by atoms with Crippen molar-refractivity contribution in [3.05, 3.63) is 24.2 Å². The number of nitrogens with zero attached hydrogens (tertiary/aromatic N) is 1. The zero-order valence-electron chi connectivity index (χ0n) is 15.0. The van der Waals surface area contributed by atoms with E-state index in [2.05, 4.69) is 0 Å². The van der Waals surface area contributed by atoms with Crippen LogP contribution in [-0.2, 0) is 20.7 Å². The lowest BCUT2D eigenvalue weighted by Gasteiger charge is -2.31. The summed E-state index contributed by atoms with van der Waals surface area (Å²) in [5, 5.41) is 0. The van der Waals surface area contributed by atoms with Gasteiger partial charge in [0.1, 0.15) is 17.2 Å². The van der Waals surface area contributed by atoms with Crippen LogP contribution in [0.4, 0.5) is 4.79 Å². The summed E-state index contributed by atoms with van der Waals surface area (Å²) in [4.78, 5) is 26.0. The lowest BCUT2D eigenvalue weighted by molar-refractivity contribution is -0.160. The molecule has 1 atom stereocenters. The first-order valence-electron chi connectivity index (χ1n) is 7.59. The third-order valence-corrected chi connectivity index (χ3v) is 2.84. The molecule has 0 fully saturated rings. The maximum atomic E-state index is 12.5. The van der Waals surface area contributed by atoms with Crippen LogP contribution in [-0.4, -0.2) is 41.3 Å². The van der Waals surface area contributed by atoms with Crippen molar-refractivity contribution in [2.75, 3.05) is 7.05 Å². The van der Waals surface area contributed by atoms with Crippen LogP contribution in [0.2, 0.25) is 0 Å².